The summed E-state index contributed by atoms with van der Waals surface area (Å²) in [4.78, 5) is 23.9. The molecule has 136 valence electrons. The third-order valence-electron chi connectivity index (χ3n) is 4.15. The number of ether oxygens (including phenoxy) is 1. The Labute approximate surface area is 159 Å². The molecule has 4 aromatic rings. The van der Waals surface area contributed by atoms with Crippen molar-refractivity contribution in [3.8, 4) is 5.75 Å². The number of aromatic nitrogens is 4. The fraction of sp³-hybridized carbons (Fsp3) is 0.158. The van der Waals surface area contributed by atoms with E-state index in [9.17, 15) is 4.79 Å². The number of thiazole rings is 1. The number of methoxy groups -OCH3 is 1. The Morgan fingerprint density at radius 3 is 2.81 bits per heavy atom. The molecule has 1 aromatic carbocycles. The predicted molar refractivity (Wildman–Crippen MR) is 104 cm³/mol. The van der Waals surface area contributed by atoms with Gasteiger partial charge in [0.05, 0.1) is 29.6 Å². The van der Waals surface area contributed by atoms with Crippen LogP contribution in [0.25, 0.3) is 10.2 Å². The Kier molecular flexibility index (Phi) is 4.55. The highest BCUT2D eigenvalue weighted by molar-refractivity contribution is 7.22. The van der Waals surface area contributed by atoms with Gasteiger partial charge in [0.1, 0.15) is 11.4 Å². The standard InChI is InChI=1S/C19H17N5O2S/c1-23-16(8-10-21-23)18(25)24(12-13-5-3-4-9-20-13)19-22-15-11-14(26-2)6-7-17(15)27-19/h3-11H,12H2,1-2H3. The molecule has 0 aliphatic heterocycles. The van der Waals surface area contributed by atoms with E-state index in [1.807, 2.05) is 36.4 Å². The molecule has 0 saturated carbocycles. The number of fused-ring (bicyclic) bond motifs is 1. The van der Waals surface area contributed by atoms with E-state index in [0.29, 0.717) is 17.4 Å². The van der Waals surface area contributed by atoms with E-state index in [1.54, 1.807) is 42.2 Å². The van der Waals surface area contributed by atoms with Gasteiger partial charge in [0.2, 0.25) is 0 Å². The van der Waals surface area contributed by atoms with Crippen molar-refractivity contribution in [3.05, 3.63) is 66.2 Å². The maximum Gasteiger partial charge on any atom is 0.278 e. The minimum atomic E-state index is -0.174. The summed E-state index contributed by atoms with van der Waals surface area (Å²) in [6.45, 7) is 0.321. The lowest BCUT2D eigenvalue weighted by Crippen LogP contribution is -2.32. The van der Waals surface area contributed by atoms with Crippen molar-refractivity contribution >= 4 is 32.6 Å². The molecule has 0 radical (unpaired) electrons. The van der Waals surface area contributed by atoms with E-state index >= 15 is 0 Å². The SMILES string of the molecule is COc1ccc2sc(N(Cc3ccccn3)C(=O)c3ccnn3C)nc2c1. The van der Waals surface area contributed by atoms with Crippen LogP contribution in [0, 0.1) is 0 Å². The summed E-state index contributed by atoms with van der Waals surface area (Å²) in [6.07, 6.45) is 3.32. The second kappa shape index (κ2) is 7.16. The van der Waals surface area contributed by atoms with Crippen LogP contribution in [0.4, 0.5) is 5.13 Å². The van der Waals surface area contributed by atoms with Crippen molar-refractivity contribution in [3.63, 3.8) is 0 Å². The van der Waals surface area contributed by atoms with Gasteiger partial charge in [-0.05, 0) is 30.3 Å². The lowest BCUT2D eigenvalue weighted by atomic mass is 10.3. The third-order valence-corrected chi connectivity index (χ3v) is 5.21. The Morgan fingerprint density at radius 1 is 1.22 bits per heavy atom. The zero-order chi connectivity index (χ0) is 18.8. The van der Waals surface area contributed by atoms with Gasteiger partial charge in [0, 0.05) is 25.5 Å². The van der Waals surface area contributed by atoms with Gasteiger partial charge in [-0.25, -0.2) is 4.98 Å². The van der Waals surface area contributed by atoms with E-state index in [1.165, 1.54) is 11.3 Å². The minimum absolute atomic E-state index is 0.174. The van der Waals surface area contributed by atoms with Crippen LogP contribution in [-0.2, 0) is 13.6 Å². The minimum Gasteiger partial charge on any atom is -0.497 e. The number of pyridine rings is 1. The van der Waals surface area contributed by atoms with Crippen LogP contribution in [0.15, 0.2) is 54.9 Å². The topological polar surface area (TPSA) is 73.1 Å². The summed E-state index contributed by atoms with van der Waals surface area (Å²) in [7, 11) is 3.36. The number of aryl methyl sites for hydroxylation is 1. The van der Waals surface area contributed by atoms with Crippen molar-refractivity contribution in [2.45, 2.75) is 6.54 Å². The highest BCUT2D eigenvalue weighted by atomic mass is 32.1. The van der Waals surface area contributed by atoms with Crippen molar-refractivity contribution in [2.75, 3.05) is 12.0 Å². The first-order chi connectivity index (χ1) is 13.2. The smallest absolute Gasteiger partial charge is 0.278 e. The maximum absolute atomic E-state index is 13.2. The number of hydrogen-bond donors (Lipinski definition) is 0. The van der Waals surface area contributed by atoms with Crippen molar-refractivity contribution in [1.82, 2.24) is 19.7 Å². The summed E-state index contributed by atoms with van der Waals surface area (Å²) in [6, 6.07) is 13.0. The number of nitrogens with zero attached hydrogens (tertiary/aromatic N) is 5. The summed E-state index contributed by atoms with van der Waals surface area (Å²) in [5, 5.41) is 4.71. The van der Waals surface area contributed by atoms with E-state index in [2.05, 4.69) is 15.1 Å². The Hall–Kier alpha value is -3.26. The van der Waals surface area contributed by atoms with Crippen LogP contribution < -0.4 is 9.64 Å². The summed E-state index contributed by atoms with van der Waals surface area (Å²) in [5.41, 5.74) is 2.06. The van der Waals surface area contributed by atoms with Gasteiger partial charge in [-0.2, -0.15) is 5.10 Å². The molecule has 0 aliphatic rings. The number of carbonyl (C=O) groups is 1. The first-order valence-electron chi connectivity index (χ1n) is 8.30. The number of hydrogen-bond acceptors (Lipinski definition) is 6. The van der Waals surface area contributed by atoms with Gasteiger partial charge in [0.15, 0.2) is 5.13 Å². The lowest BCUT2D eigenvalue weighted by molar-refractivity contribution is 0.0975. The summed E-state index contributed by atoms with van der Waals surface area (Å²) >= 11 is 1.46. The van der Waals surface area contributed by atoms with Gasteiger partial charge < -0.3 is 4.74 Å². The van der Waals surface area contributed by atoms with Gasteiger partial charge in [-0.15, -0.1) is 0 Å². The first-order valence-corrected chi connectivity index (χ1v) is 9.11. The highest BCUT2D eigenvalue weighted by Crippen LogP contribution is 2.32. The van der Waals surface area contributed by atoms with Crippen LogP contribution >= 0.6 is 11.3 Å². The van der Waals surface area contributed by atoms with E-state index in [4.69, 9.17) is 4.74 Å². The zero-order valence-electron chi connectivity index (χ0n) is 14.9. The molecule has 0 bridgehead atoms. The number of carbonyl (C=O) groups excluding carboxylic acids is 1. The normalized spacial score (nSPS) is 10.9. The number of anilines is 1. The predicted octanol–water partition coefficient (Wildman–Crippen LogP) is 3.28. The third kappa shape index (κ3) is 3.39. The van der Waals surface area contributed by atoms with E-state index < -0.39 is 0 Å². The maximum atomic E-state index is 13.2. The highest BCUT2D eigenvalue weighted by Gasteiger charge is 2.24. The molecular formula is C19H17N5O2S. The molecule has 7 nitrogen and oxygen atoms in total. The van der Waals surface area contributed by atoms with Crippen LogP contribution in [0.1, 0.15) is 16.2 Å². The van der Waals surface area contributed by atoms with Crippen molar-refractivity contribution in [2.24, 2.45) is 7.05 Å². The van der Waals surface area contributed by atoms with E-state index in [-0.39, 0.29) is 5.91 Å². The number of amides is 1. The molecule has 0 N–H and O–H groups in total. The van der Waals surface area contributed by atoms with Crippen LogP contribution in [-0.4, -0.2) is 32.8 Å². The van der Waals surface area contributed by atoms with Crippen LogP contribution in [0.3, 0.4) is 0 Å². The molecule has 27 heavy (non-hydrogen) atoms. The molecule has 0 saturated heterocycles. The van der Waals surface area contributed by atoms with Crippen molar-refractivity contribution in [1.29, 1.82) is 0 Å². The fourth-order valence-corrected chi connectivity index (χ4v) is 3.68. The molecule has 8 heteroatoms. The average Bonchev–Trinajstić information content (AvgIpc) is 3.31. The molecular weight excluding hydrogens is 362 g/mol. The Bertz CT molecular complexity index is 1090. The molecule has 1 amide bonds. The Balaban J connectivity index is 1.77. The first kappa shape index (κ1) is 17.2. The van der Waals surface area contributed by atoms with Crippen LogP contribution in [0.2, 0.25) is 0 Å². The fourth-order valence-electron chi connectivity index (χ4n) is 2.74. The molecule has 0 fully saturated rings. The Morgan fingerprint density at radius 2 is 2.11 bits per heavy atom. The van der Waals surface area contributed by atoms with Gasteiger partial charge in [-0.3, -0.25) is 19.4 Å². The summed E-state index contributed by atoms with van der Waals surface area (Å²) < 4.78 is 7.81. The second-order valence-electron chi connectivity index (χ2n) is 5.88. The van der Waals surface area contributed by atoms with Gasteiger partial charge in [0.25, 0.3) is 5.91 Å². The molecule has 3 aromatic heterocycles. The molecule has 0 spiro atoms. The van der Waals surface area contributed by atoms with Gasteiger partial charge >= 0.3 is 0 Å². The number of benzene rings is 1. The second-order valence-corrected chi connectivity index (χ2v) is 6.89. The molecule has 4 rings (SSSR count). The molecule has 0 unspecified atom stereocenters. The zero-order valence-corrected chi connectivity index (χ0v) is 15.7. The summed E-state index contributed by atoms with van der Waals surface area (Å²) in [5.74, 6) is 0.556. The monoisotopic (exact) mass is 379 g/mol. The van der Waals surface area contributed by atoms with Crippen molar-refractivity contribution < 1.29 is 9.53 Å². The van der Waals surface area contributed by atoms with Gasteiger partial charge in [-0.1, -0.05) is 17.4 Å². The van der Waals surface area contributed by atoms with Crippen LogP contribution in [0.5, 0.6) is 5.75 Å². The average molecular weight is 379 g/mol. The molecule has 0 aliphatic carbocycles. The largest absolute Gasteiger partial charge is 0.497 e. The molecule has 0 atom stereocenters. The number of rotatable bonds is 5. The molecule has 3 heterocycles. The quantitative estimate of drug-likeness (QED) is 0.532. The van der Waals surface area contributed by atoms with E-state index in [0.717, 1.165) is 21.7 Å². The lowest BCUT2D eigenvalue weighted by Gasteiger charge is -2.19.